The van der Waals surface area contributed by atoms with Crippen LogP contribution in [0.2, 0.25) is 0 Å². The highest BCUT2D eigenvalue weighted by molar-refractivity contribution is 5.33. The first-order valence-corrected chi connectivity index (χ1v) is 7.72. The fraction of sp³-hybridized carbons (Fsp3) is 0.368. The molecule has 0 unspecified atom stereocenters. The van der Waals surface area contributed by atoms with E-state index in [0.717, 1.165) is 5.75 Å². The van der Waals surface area contributed by atoms with Gasteiger partial charge in [-0.15, -0.1) is 0 Å². The minimum Gasteiger partial charge on any atom is -0.491 e. The average molecular weight is 299 g/mol. The van der Waals surface area contributed by atoms with Crippen LogP contribution in [-0.4, -0.2) is 24.4 Å². The Hall–Kier alpha value is -1.84. The van der Waals surface area contributed by atoms with Crippen molar-refractivity contribution in [1.29, 1.82) is 0 Å². The Balaban J connectivity index is 1.76. The molecule has 2 rings (SSSR count). The molecule has 0 saturated carbocycles. The van der Waals surface area contributed by atoms with Crippen molar-refractivity contribution in [3.8, 4) is 5.75 Å². The molecular formula is C19H25NO2. The summed E-state index contributed by atoms with van der Waals surface area (Å²) >= 11 is 0. The van der Waals surface area contributed by atoms with E-state index in [1.54, 1.807) is 0 Å². The third-order valence-corrected chi connectivity index (χ3v) is 3.88. The molecule has 0 bridgehead atoms. The highest BCUT2D eigenvalue weighted by Gasteiger charge is 2.09. The van der Waals surface area contributed by atoms with Crippen molar-refractivity contribution >= 4 is 0 Å². The van der Waals surface area contributed by atoms with Crippen LogP contribution in [0.4, 0.5) is 0 Å². The van der Waals surface area contributed by atoms with Gasteiger partial charge in [-0.05, 0) is 49.6 Å². The van der Waals surface area contributed by atoms with E-state index >= 15 is 0 Å². The molecule has 0 spiro atoms. The summed E-state index contributed by atoms with van der Waals surface area (Å²) < 4.78 is 5.65. The summed E-state index contributed by atoms with van der Waals surface area (Å²) in [5.74, 6) is 0.804. The molecule has 0 heterocycles. The number of nitrogens with one attached hydrogen (secondary N) is 1. The Bertz CT molecular complexity index is 583. The van der Waals surface area contributed by atoms with Crippen molar-refractivity contribution in [3.05, 3.63) is 65.2 Å². The van der Waals surface area contributed by atoms with Crippen LogP contribution in [0.15, 0.2) is 48.5 Å². The second-order valence-corrected chi connectivity index (χ2v) is 5.75. The molecule has 3 heteroatoms. The van der Waals surface area contributed by atoms with Crippen molar-refractivity contribution in [2.24, 2.45) is 0 Å². The van der Waals surface area contributed by atoms with Crippen LogP contribution in [-0.2, 0) is 0 Å². The molecule has 2 N–H and O–H groups in total. The van der Waals surface area contributed by atoms with Crippen LogP contribution in [0.3, 0.4) is 0 Å². The first-order chi connectivity index (χ1) is 10.6. The number of hydrogen-bond acceptors (Lipinski definition) is 3. The average Bonchev–Trinajstić information content (AvgIpc) is 2.54. The Morgan fingerprint density at radius 1 is 1.05 bits per heavy atom. The molecular weight excluding hydrogens is 274 g/mol. The molecule has 22 heavy (non-hydrogen) atoms. The van der Waals surface area contributed by atoms with Crippen molar-refractivity contribution in [2.45, 2.75) is 32.9 Å². The van der Waals surface area contributed by atoms with Crippen LogP contribution < -0.4 is 10.1 Å². The van der Waals surface area contributed by atoms with Crippen molar-refractivity contribution in [1.82, 2.24) is 5.32 Å². The van der Waals surface area contributed by atoms with E-state index in [0.29, 0.717) is 6.54 Å². The lowest BCUT2D eigenvalue weighted by molar-refractivity contribution is 0.104. The number of rotatable bonds is 7. The maximum absolute atomic E-state index is 10.0. The van der Waals surface area contributed by atoms with E-state index in [4.69, 9.17) is 4.74 Å². The first-order valence-electron chi connectivity index (χ1n) is 7.72. The van der Waals surface area contributed by atoms with E-state index < -0.39 is 6.10 Å². The number of aliphatic hydroxyl groups is 1. The van der Waals surface area contributed by atoms with Crippen LogP contribution >= 0.6 is 0 Å². The standard InChI is InChI=1S/C19H25NO2/c1-14-9-10-19(11-15(14)2)22-13-18(21)12-20-16(3)17-7-5-4-6-8-17/h4-11,16,18,20-21H,12-13H2,1-3H3/t16-,18-/m1/s1. The number of ether oxygens (including phenoxy) is 1. The Labute approximate surface area is 133 Å². The SMILES string of the molecule is Cc1ccc(OC[C@H](O)CN[C@H](C)c2ccccc2)cc1C. The number of aryl methyl sites for hydroxylation is 2. The fourth-order valence-electron chi connectivity index (χ4n) is 2.23. The van der Waals surface area contributed by atoms with Crippen molar-refractivity contribution < 1.29 is 9.84 Å². The van der Waals surface area contributed by atoms with E-state index in [2.05, 4.69) is 38.2 Å². The van der Waals surface area contributed by atoms with E-state index in [1.165, 1.54) is 16.7 Å². The lowest BCUT2D eigenvalue weighted by Crippen LogP contribution is -2.33. The molecule has 2 aromatic rings. The Morgan fingerprint density at radius 2 is 1.77 bits per heavy atom. The highest BCUT2D eigenvalue weighted by Crippen LogP contribution is 2.16. The van der Waals surface area contributed by atoms with E-state index in [-0.39, 0.29) is 12.6 Å². The fourth-order valence-corrected chi connectivity index (χ4v) is 2.23. The largest absolute Gasteiger partial charge is 0.491 e. The van der Waals surface area contributed by atoms with Crippen molar-refractivity contribution in [2.75, 3.05) is 13.2 Å². The van der Waals surface area contributed by atoms with Gasteiger partial charge in [0.25, 0.3) is 0 Å². The summed E-state index contributed by atoms with van der Waals surface area (Å²) in [5, 5.41) is 13.4. The molecule has 0 aliphatic heterocycles. The molecule has 0 fully saturated rings. The zero-order valence-corrected chi connectivity index (χ0v) is 13.5. The molecule has 118 valence electrons. The minimum absolute atomic E-state index is 0.206. The van der Waals surface area contributed by atoms with Crippen LogP contribution in [0, 0.1) is 13.8 Å². The second-order valence-electron chi connectivity index (χ2n) is 5.75. The molecule has 3 nitrogen and oxygen atoms in total. The molecule has 2 atom stereocenters. The third kappa shape index (κ3) is 4.86. The quantitative estimate of drug-likeness (QED) is 0.823. The highest BCUT2D eigenvalue weighted by atomic mass is 16.5. The van der Waals surface area contributed by atoms with Gasteiger partial charge >= 0.3 is 0 Å². The summed E-state index contributed by atoms with van der Waals surface area (Å²) in [7, 11) is 0. The van der Waals surface area contributed by atoms with Gasteiger partial charge in [0.05, 0.1) is 0 Å². The zero-order chi connectivity index (χ0) is 15.9. The second kappa shape index (κ2) is 7.97. The third-order valence-electron chi connectivity index (χ3n) is 3.88. The summed E-state index contributed by atoms with van der Waals surface area (Å²) in [4.78, 5) is 0. The zero-order valence-electron chi connectivity index (χ0n) is 13.5. The van der Waals surface area contributed by atoms with E-state index in [9.17, 15) is 5.11 Å². The lowest BCUT2D eigenvalue weighted by atomic mass is 10.1. The van der Waals surface area contributed by atoms with Gasteiger partial charge < -0.3 is 15.2 Å². The molecule has 0 aliphatic carbocycles. The van der Waals surface area contributed by atoms with Crippen LogP contribution in [0.1, 0.15) is 29.7 Å². The number of hydrogen-bond donors (Lipinski definition) is 2. The monoisotopic (exact) mass is 299 g/mol. The van der Waals surface area contributed by atoms with Crippen molar-refractivity contribution in [3.63, 3.8) is 0 Å². The van der Waals surface area contributed by atoms with Gasteiger partial charge in [0.15, 0.2) is 0 Å². The number of benzene rings is 2. The smallest absolute Gasteiger partial charge is 0.119 e. The summed E-state index contributed by atoms with van der Waals surface area (Å²) in [6.45, 7) is 7.01. The molecule has 0 radical (unpaired) electrons. The van der Waals surface area contributed by atoms with Gasteiger partial charge in [0, 0.05) is 12.6 Å². The van der Waals surface area contributed by atoms with Gasteiger partial charge in [-0.2, -0.15) is 0 Å². The predicted octanol–water partition coefficient (Wildman–Crippen LogP) is 3.39. The Kier molecular flexibility index (Phi) is 5.99. The summed E-state index contributed by atoms with van der Waals surface area (Å²) in [5.41, 5.74) is 3.65. The predicted molar refractivity (Wildman–Crippen MR) is 90.3 cm³/mol. The maximum atomic E-state index is 10.0. The van der Waals surface area contributed by atoms with Gasteiger partial charge in [-0.1, -0.05) is 36.4 Å². The molecule has 0 amide bonds. The molecule has 0 aliphatic rings. The lowest BCUT2D eigenvalue weighted by Gasteiger charge is -2.18. The van der Waals surface area contributed by atoms with Gasteiger partial charge in [0.1, 0.15) is 18.5 Å². The number of aliphatic hydroxyl groups excluding tert-OH is 1. The minimum atomic E-state index is -0.534. The molecule has 0 saturated heterocycles. The Morgan fingerprint density at radius 3 is 2.45 bits per heavy atom. The van der Waals surface area contributed by atoms with Crippen LogP contribution in [0.5, 0.6) is 5.75 Å². The topological polar surface area (TPSA) is 41.5 Å². The van der Waals surface area contributed by atoms with Gasteiger partial charge in [-0.25, -0.2) is 0 Å². The normalized spacial score (nSPS) is 13.6. The molecule has 2 aromatic carbocycles. The molecule has 0 aromatic heterocycles. The summed E-state index contributed by atoms with van der Waals surface area (Å²) in [6.07, 6.45) is -0.534. The van der Waals surface area contributed by atoms with Gasteiger partial charge in [-0.3, -0.25) is 0 Å². The van der Waals surface area contributed by atoms with Gasteiger partial charge in [0.2, 0.25) is 0 Å². The first kappa shape index (κ1) is 16.5. The van der Waals surface area contributed by atoms with E-state index in [1.807, 2.05) is 36.4 Å². The summed E-state index contributed by atoms with van der Waals surface area (Å²) in [6, 6.07) is 16.4. The maximum Gasteiger partial charge on any atom is 0.119 e. The van der Waals surface area contributed by atoms with Crippen LogP contribution in [0.25, 0.3) is 0 Å².